The number of hydrogen-bond acceptors (Lipinski definition) is 6. The van der Waals surface area contributed by atoms with Gasteiger partial charge in [0.05, 0.1) is 22.6 Å². The highest BCUT2D eigenvalue weighted by Gasteiger charge is 2.22. The first-order valence-electron chi connectivity index (χ1n) is 6.15. The van der Waals surface area contributed by atoms with Crippen molar-refractivity contribution in [2.24, 2.45) is 0 Å². The van der Waals surface area contributed by atoms with E-state index in [9.17, 15) is 8.42 Å². The number of thiophene rings is 1. The van der Waals surface area contributed by atoms with Gasteiger partial charge in [0.15, 0.2) is 0 Å². The van der Waals surface area contributed by atoms with Crippen molar-refractivity contribution in [3.63, 3.8) is 0 Å². The van der Waals surface area contributed by atoms with Gasteiger partial charge in [-0.2, -0.15) is 4.31 Å². The SMILES string of the molecule is CCNCc1cc(S(=O)(=O)N(C)Cc2cscn2)cs1. The van der Waals surface area contributed by atoms with E-state index in [0.717, 1.165) is 17.1 Å². The lowest BCUT2D eigenvalue weighted by Gasteiger charge is -2.14. The van der Waals surface area contributed by atoms with Crippen LogP contribution in [0.15, 0.2) is 27.2 Å². The number of nitrogens with zero attached hydrogens (tertiary/aromatic N) is 2. The molecule has 0 aliphatic heterocycles. The summed E-state index contributed by atoms with van der Waals surface area (Å²) in [5.41, 5.74) is 2.47. The predicted octanol–water partition coefficient (Wildman–Crippen LogP) is 2.13. The van der Waals surface area contributed by atoms with Crippen LogP contribution in [0.2, 0.25) is 0 Å². The lowest BCUT2D eigenvalue weighted by Crippen LogP contribution is -2.26. The predicted molar refractivity (Wildman–Crippen MR) is 82.5 cm³/mol. The third-order valence-corrected chi connectivity index (χ3v) is 6.26. The van der Waals surface area contributed by atoms with E-state index >= 15 is 0 Å². The number of nitrogens with one attached hydrogen (secondary N) is 1. The largest absolute Gasteiger partial charge is 0.312 e. The van der Waals surface area contributed by atoms with Gasteiger partial charge in [-0.3, -0.25) is 0 Å². The maximum Gasteiger partial charge on any atom is 0.244 e. The summed E-state index contributed by atoms with van der Waals surface area (Å²) < 4.78 is 26.2. The van der Waals surface area contributed by atoms with Gasteiger partial charge in [0.25, 0.3) is 0 Å². The molecule has 0 aliphatic rings. The smallest absolute Gasteiger partial charge is 0.244 e. The molecule has 110 valence electrons. The fraction of sp³-hybridized carbons (Fsp3) is 0.417. The summed E-state index contributed by atoms with van der Waals surface area (Å²) in [6.07, 6.45) is 0. The van der Waals surface area contributed by atoms with Gasteiger partial charge in [-0.15, -0.1) is 22.7 Å². The van der Waals surface area contributed by atoms with E-state index in [1.165, 1.54) is 27.0 Å². The number of sulfonamides is 1. The number of thiazole rings is 1. The van der Waals surface area contributed by atoms with Gasteiger partial charge >= 0.3 is 0 Å². The van der Waals surface area contributed by atoms with Crippen molar-refractivity contribution in [3.05, 3.63) is 32.9 Å². The lowest BCUT2D eigenvalue weighted by molar-refractivity contribution is 0.463. The molecule has 2 rings (SSSR count). The Morgan fingerprint density at radius 3 is 2.85 bits per heavy atom. The van der Waals surface area contributed by atoms with Gasteiger partial charge in [-0.25, -0.2) is 13.4 Å². The average Bonchev–Trinajstić information content (AvgIpc) is 3.07. The highest BCUT2D eigenvalue weighted by atomic mass is 32.2. The molecule has 5 nitrogen and oxygen atoms in total. The molecule has 2 aromatic heterocycles. The first-order chi connectivity index (χ1) is 9.54. The molecule has 8 heteroatoms. The van der Waals surface area contributed by atoms with Crippen LogP contribution in [0.5, 0.6) is 0 Å². The fourth-order valence-electron chi connectivity index (χ4n) is 1.65. The molecular formula is C12H17N3O2S3. The summed E-state index contributed by atoms with van der Waals surface area (Å²) in [5, 5.41) is 6.74. The maximum absolute atomic E-state index is 12.4. The van der Waals surface area contributed by atoms with Gasteiger partial charge in [0.2, 0.25) is 10.0 Å². The molecule has 2 aromatic rings. The second-order valence-electron chi connectivity index (χ2n) is 4.27. The van der Waals surface area contributed by atoms with Crippen molar-refractivity contribution >= 4 is 32.7 Å². The number of aromatic nitrogens is 1. The highest BCUT2D eigenvalue weighted by Crippen LogP contribution is 2.23. The Balaban J connectivity index is 2.10. The summed E-state index contributed by atoms with van der Waals surface area (Å²) in [6.45, 7) is 3.88. The minimum Gasteiger partial charge on any atom is -0.312 e. The summed E-state index contributed by atoms with van der Waals surface area (Å²) >= 11 is 2.92. The summed E-state index contributed by atoms with van der Waals surface area (Å²) in [7, 11) is -1.86. The third kappa shape index (κ3) is 3.64. The van der Waals surface area contributed by atoms with Crippen LogP contribution in [-0.2, 0) is 23.1 Å². The minimum atomic E-state index is -3.44. The van der Waals surface area contributed by atoms with Crippen molar-refractivity contribution < 1.29 is 8.42 Å². The second-order valence-corrected chi connectivity index (χ2v) is 8.03. The van der Waals surface area contributed by atoms with Gasteiger partial charge in [-0.05, 0) is 12.6 Å². The zero-order chi connectivity index (χ0) is 14.6. The minimum absolute atomic E-state index is 0.296. The van der Waals surface area contributed by atoms with Crippen LogP contribution in [0.25, 0.3) is 0 Å². The van der Waals surface area contributed by atoms with Crippen LogP contribution in [0.1, 0.15) is 17.5 Å². The molecule has 0 aromatic carbocycles. The fourth-order valence-corrected chi connectivity index (χ4v) is 4.57. The van der Waals surface area contributed by atoms with Crippen molar-refractivity contribution in [1.29, 1.82) is 0 Å². The molecular weight excluding hydrogens is 314 g/mol. The molecule has 20 heavy (non-hydrogen) atoms. The first-order valence-corrected chi connectivity index (χ1v) is 9.42. The molecule has 1 N–H and O–H groups in total. The summed E-state index contributed by atoms with van der Waals surface area (Å²) in [4.78, 5) is 5.49. The Hall–Kier alpha value is -0.800. The standard InChI is InChI=1S/C12H17N3O2S3/c1-3-13-5-11-4-12(8-19-11)20(16,17)15(2)6-10-7-18-9-14-10/h4,7-9,13H,3,5-6H2,1-2H3. The van der Waals surface area contributed by atoms with Crippen LogP contribution in [0.3, 0.4) is 0 Å². The molecule has 0 spiro atoms. The van der Waals surface area contributed by atoms with Crippen molar-refractivity contribution in [2.45, 2.75) is 24.9 Å². The molecule has 0 amide bonds. The number of rotatable bonds is 7. The average molecular weight is 331 g/mol. The lowest BCUT2D eigenvalue weighted by atomic mass is 10.4. The summed E-state index contributed by atoms with van der Waals surface area (Å²) in [6, 6.07) is 1.74. The van der Waals surface area contributed by atoms with Crippen LogP contribution in [-0.4, -0.2) is 31.3 Å². The van der Waals surface area contributed by atoms with Gasteiger partial charge in [-0.1, -0.05) is 6.92 Å². The zero-order valence-electron chi connectivity index (χ0n) is 11.4. The molecule has 0 bridgehead atoms. The second kappa shape index (κ2) is 6.77. The van der Waals surface area contributed by atoms with Gasteiger partial charge in [0.1, 0.15) is 0 Å². The Labute approximate surface area is 127 Å². The monoisotopic (exact) mass is 331 g/mol. The molecule has 0 radical (unpaired) electrons. The van der Waals surface area contributed by atoms with E-state index in [1.807, 2.05) is 12.3 Å². The van der Waals surface area contributed by atoms with E-state index in [0.29, 0.717) is 18.0 Å². The molecule has 0 aliphatic carbocycles. The van der Waals surface area contributed by atoms with Gasteiger partial charge in [0, 0.05) is 29.2 Å². The Bertz CT molecular complexity index is 635. The quantitative estimate of drug-likeness (QED) is 0.844. The third-order valence-electron chi connectivity index (χ3n) is 2.76. The number of hydrogen-bond donors (Lipinski definition) is 1. The molecule has 0 fully saturated rings. The van der Waals surface area contributed by atoms with Crippen LogP contribution >= 0.6 is 22.7 Å². The Kier molecular flexibility index (Phi) is 5.28. The Morgan fingerprint density at radius 1 is 1.40 bits per heavy atom. The molecule has 0 atom stereocenters. The van der Waals surface area contributed by atoms with Crippen molar-refractivity contribution in [1.82, 2.24) is 14.6 Å². The molecule has 0 saturated heterocycles. The van der Waals surface area contributed by atoms with Crippen LogP contribution in [0.4, 0.5) is 0 Å². The zero-order valence-corrected chi connectivity index (χ0v) is 13.8. The molecule has 0 unspecified atom stereocenters. The van der Waals surface area contributed by atoms with Gasteiger partial charge < -0.3 is 5.32 Å². The van der Waals surface area contributed by atoms with E-state index in [2.05, 4.69) is 10.3 Å². The topological polar surface area (TPSA) is 62.3 Å². The van der Waals surface area contributed by atoms with Crippen molar-refractivity contribution in [2.75, 3.05) is 13.6 Å². The van der Waals surface area contributed by atoms with Crippen LogP contribution in [0, 0.1) is 0 Å². The molecule has 2 heterocycles. The van der Waals surface area contributed by atoms with E-state index in [4.69, 9.17) is 0 Å². The highest BCUT2D eigenvalue weighted by molar-refractivity contribution is 7.89. The maximum atomic E-state index is 12.4. The van der Waals surface area contributed by atoms with E-state index < -0.39 is 10.0 Å². The van der Waals surface area contributed by atoms with E-state index in [1.54, 1.807) is 24.0 Å². The normalized spacial score (nSPS) is 12.2. The van der Waals surface area contributed by atoms with Crippen LogP contribution < -0.4 is 5.32 Å². The first kappa shape index (κ1) is 15.6. The van der Waals surface area contributed by atoms with Crippen molar-refractivity contribution in [3.8, 4) is 0 Å². The summed E-state index contributed by atoms with van der Waals surface area (Å²) in [5.74, 6) is 0. The Morgan fingerprint density at radius 2 is 2.20 bits per heavy atom. The van der Waals surface area contributed by atoms with E-state index in [-0.39, 0.29) is 0 Å². The molecule has 0 saturated carbocycles.